The summed E-state index contributed by atoms with van der Waals surface area (Å²) in [6.07, 6.45) is 0.473. The maximum absolute atomic E-state index is 9.87. The van der Waals surface area contributed by atoms with Crippen molar-refractivity contribution in [1.29, 1.82) is 10.5 Å². The first-order valence-electron chi connectivity index (χ1n) is 8.34. The largest absolute Gasteiger partial charge is 0.368 e. The van der Waals surface area contributed by atoms with Crippen molar-refractivity contribution in [1.82, 2.24) is 0 Å². The number of benzene rings is 2. The normalized spacial score (nSPS) is 20.8. The van der Waals surface area contributed by atoms with Crippen LogP contribution in [-0.2, 0) is 6.42 Å². The van der Waals surface area contributed by atoms with Gasteiger partial charge in [-0.25, -0.2) is 0 Å². The van der Waals surface area contributed by atoms with Crippen LogP contribution in [0.3, 0.4) is 0 Å². The molecule has 2 aromatic carbocycles. The summed E-state index contributed by atoms with van der Waals surface area (Å²) in [4.78, 5) is 4.47. The van der Waals surface area contributed by atoms with Gasteiger partial charge in [-0.05, 0) is 29.8 Å². The first-order chi connectivity index (χ1) is 12.2. The van der Waals surface area contributed by atoms with Crippen molar-refractivity contribution in [3.05, 3.63) is 59.1 Å². The maximum Gasteiger partial charge on any atom is 0.169 e. The molecule has 2 heterocycles. The number of hydrogen-bond acceptors (Lipinski definition) is 4. The number of anilines is 2. The Morgan fingerprint density at radius 2 is 1.84 bits per heavy atom. The average Bonchev–Trinajstić information content (AvgIpc) is 2.67. The highest BCUT2D eigenvalue weighted by Gasteiger charge is 2.49. The van der Waals surface area contributed by atoms with Crippen molar-refractivity contribution in [2.75, 3.05) is 29.4 Å². The third kappa shape index (κ3) is 2.51. The molecule has 4 nitrogen and oxygen atoms in total. The minimum Gasteiger partial charge on any atom is -0.368 e. The molecule has 2 aromatic rings. The number of para-hydroxylation sites is 1. The Kier molecular flexibility index (Phi) is 3.79. The number of fused-ring (bicyclic) bond motifs is 3. The first kappa shape index (κ1) is 15.8. The third-order valence-electron chi connectivity index (χ3n) is 5.29. The number of rotatable bonds is 1. The van der Waals surface area contributed by atoms with Crippen LogP contribution in [0.15, 0.2) is 48.5 Å². The topological polar surface area (TPSA) is 54.1 Å². The minimum atomic E-state index is -1.04. The number of halogens is 1. The van der Waals surface area contributed by atoms with Gasteiger partial charge in [0.05, 0.1) is 18.2 Å². The molecule has 1 fully saturated rings. The summed E-state index contributed by atoms with van der Waals surface area (Å²) < 4.78 is 0. The van der Waals surface area contributed by atoms with E-state index in [1.807, 2.05) is 42.5 Å². The van der Waals surface area contributed by atoms with Gasteiger partial charge in [0.1, 0.15) is 0 Å². The van der Waals surface area contributed by atoms with E-state index in [2.05, 4.69) is 28.0 Å². The van der Waals surface area contributed by atoms with Crippen molar-refractivity contribution in [3.8, 4) is 12.1 Å². The minimum absolute atomic E-state index is 0.162. The van der Waals surface area contributed by atoms with E-state index in [1.54, 1.807) is 0 Å². The SMILES string of the molecule is N#CC1(C#N)Cc2ccccc2N2CCN(c3cccc(Cl)c3)CC21. The van der Waals surface area contributed by atoms with E-state index in [4.69, 9.17) is 11.6 Å². The Morgan fingerprint density at radius 1 is 1.04 bits per heavy atom. The lowest BCUT2D eigenvalue weighted by Crippen LogP contribution is -2.62. The summed E-state index contributed by atoms with van der Waals surface area (Å²) >= 11 is 6.14. The maximum atomic E-state index is 9.87. The van der Waals surface area contributed by atoms with Crippen LogP contribution < -0.4 is 9.80 Å². The lowest BCUT2D eigenvalue weighted by atomic mass is 9.72. The Bertz CT molecular complexity index is 881. The summed E-state index contributed by atoms with van der Waals surface area (Å²) in [6.45, 7) is 2.24. The van der Waals surface area contributed by atoms with Gasteiger partial charge in [0, 0.05) is 42.5 Å². The zero-order valence-corrected chi connectivity index (χ0v) is 14.4. The van der Waals surface area contributed by atoms with Crippen molar-refractivity contribution in [2.24, 2.45) is 5.41 Å². The predicted molar refractivity (Wildman–Crippen MR) is 98.6 cm³/mol. The molecule has 124 valence electrons. The lowest BCUT2D eigenvalue weighted by Gasteiger charge is -2.51. The van der Waals surface area contributed by atoms with Crippen LogP contribution in [0.25, 0.3) is 0 Å². The van der Waals surface area contributed by atoms with Gasteiger partial charge >= 0.3 is 0 Å². The third-order valence-corrected chi connectivity index (χ3v) is 5.53. The zero-order valence-electron chi connectivity index (χ0n) is 13.7. The van der Waals surface area contributed by atoms with Crippen LogP contribution in [0.4, 0.5) is 11.4 Å². The standard InChI is InChI=1S/C20H17ClN4/c21-16-5-3-6-17(10-16)24-8-9-25-18-7-2-1-4-15(18)11-20(13-22,14-23)19(25)12-24/h1-7,10,19H,8-9,11-12H2. The second-order valence-electron chi connectivity index (χ2n) is 6.64. The molecule has 0 radical (unpaired) electrons. The monoisotopic (exact) mass is 348 g/mol. The molecular weight excluding hydrogens is 332 g/mol. The van der Waals surface area contributed by atoms with Crippen molar-refractivity contribution >= 4 is 23.0 Å². The molecule has 2 aliphatic rings. The molecule has 1 atom stereocenters. The molecule has 1 unspecified atom stereocenters. The lowest BCUT2D eigenvalue weighted by molar-refractivity contribution is 0.339. The smallest absolute Gasteiger partial charge is 0.169 e. The number of piperazine rings is 1. The van der Waals surface area contributed by atoms with E-state index in [0.717, 1.165) is 30.0 Å². The fourth-order valence-electron chi connectivity index (χ4n) is 4.01. The van der Waals surface area contributed by atoms with Gasteiger partial charge in [-0.3, -0.25) is 0 Å². The molecular formula is C20H17ClN4. The Balaban J connectivity index is 1.74. The summed E-state index contributed by atoms with van der Waals surface area (Å²) in [6, 6.07) is 20.4. The Morgan fingerprint density at radius 3 is 2.60 bits per heavy atom. The summed E-state index contributed by atoms with van der Waals surface area (Å²) in [7, 11) is 0. The number of hydrogen-bond donors (Lipinski definition) is 0. The van der Waals surface area contributed by atoms with Gasteiger partial charge in [-0.2, -0.15) is 10.5 Å². The summed E-state index contributed by atoms with van der Waals surface area (Å²) in [5.74, 6) is 0. The van der Waals surface area contributed by atoms with Crippen LogP contribution in [-0.4, -0.2) is 25.7 Å². The van der Waals surface area contributed by atoms with Gasteiger partial charge in [0.2, 0.25) is 0 Å². The molecule has 25 heavy (non-hydrogen) atoms. The first-order valence-corrected chi connectivity index (χ1v) is 8.72. The molecule has 5 heteroatoms. The zero-order chi connectivity index (χ0) is 17.4. The van der Waals surface area contributed by atoms with Crippen molar-refractivity contribution in [3.63, 3.8) is 0 Å². The quantitative estimate of drug-likeness (QED) is 0.789. The molecule has 4 rings (SSSR count). The summed E-state index contributed by atoms with van der Waals surface area (Å²) in [5, 5.41) is 20.4. The Labute approximate surface area is 152 Å². The van der Waals surface area contributed by atoms with E-state index in [-0.39, 0.29) is 6.04 Å². The molecule has 0 aromatic heterocycles. The average molecular weight is 349 g/mol. The number of nitriles is 2. The number of nitrogens with zero attached hydrogens (tertiary/aromatic N) is 4. The van der Waals surface area contributed by atoms with E-state index >= 15 is 0 Å². The highest BCUT2D eigenvalue weighted by molar-refractivity contribution is 6.30. The van der Waals surface area contributed by atoms with Crippen molar-refractivity contribution < 1.29 is 0 Å². The van der Waals surface area contributed by atoms with Gasteiger partial charge in [0.15, 0.2) is 5.41 Å². The van der Waals surface area contributed by atoms with E-state index in [0.29, 0.717) is 18.0 Å². The molecule has 2 aliphatic heterocycles. The van der Waals surface area contributed by atoms with E-state index in [9.17, 15) is 10.5 Å². The fourth-order valence-corrected chi connectivity index (χ4v) is 4.20. The molecule has 0 spiro atoms. The van der Waals surface area contributed by atoms with E-state index in [1.165, 1.54) is 0 Å². The van der Waals surface area contributed by atoms with Gasteiger partial charge < -0.3 is 9.80 Å². The second-order valence-corrected chi connectivity index (χ2v) is 7.07. The molecule has 0 N–H and O–H groups in total. The second kappa shape index (κ2) is 5.99. The summed E-state index contributed by atoms with van der Waals surface area (Å²) in [5.41, 5.74) is 2.24. The van der Waals surface area contributed by atoms with Crippen LogP contribution >= 0.6 is 11.6 Å². The fraction of sp³-hybridized carbons (Fsp3) is 0.300. The molecule has 1 saturated heterocycles. The van der Waals surface area contributed by atoms with Crippen LogP contribution in [0, 0.1) is 28.1 Å². The van der Waals surface area contributed by atoms with Crippen LogP contribution in [0.5, 0.6) is 0 Å². The van der Waals surface area contributed by atoms with Crippen LogP contribution in [0.1, 0.15) is 5.56 Å². The molecule has 0 bridgehead atoms. The van der Waals surface area contributed by atoms with E-state index < -0.39 is 5.41 Å². The molecule has 0 amide bonds. The van der Waals surface area contributed by atoms with Gasteiger partial charge in [-0.15, -0.1) is 0 Å². The molecule has 0 saturated carbocycles. The Hall–Kier alpha value is -2.69. The predicted octanol–water partition coefficient (Wildman–Crippen LogP) is 3.62. The van der Waals surface area contributed by atoms with Gasteiger partial charge in [-0.1, -0.05) is 35.9 Å². The highest BCUT2D eigenvalue weighted by Crippen LogP contribution is 2.42. The highest BCUT2D eigenvalue weighted by atomic mass is 35.5. The molecule has 0 aliphatic carbocycles. The van der Waals surface area contributed by atoms with Gasteiger partial charge in [0.25, 0.3) is 0 Å². The van der Waals surface area contributed by atoms with Crippen LogP contribution in [0.2, 0.25) is 5.02 Å². The van der Waals surface area contributed by atoms with Crippen molar-refractivity contribution in [2.45, 2.75) is 12.5 Å².